The van der Waals surface area contributed by atoms with Crippen LogP contribution in [0.3, 0.4) is 0 Å². The number of anilines is 2. The molecule has 202 valence electrons. The van der Waals surface area contributed by atoms with Gasteiger partial charge in [0, 0.05) is 30.9 Å². The van der Waals surface area contributed by atoms with Crippen LogP contribution in [-0.2, 0) is 33.7 Å². The van der Waals surface area contributed by atoms with Crippen molar-refractivity contribution in [3.8, 4) is 6.07 Å². The summed E-state index contributed by atoms with van der Waals surface area (Å²) in [5.41, 5.74) is 5.80. The molecule has 0 fully saturated rings. The topological polar surface area (TPSA) is 73.6 Å². The van der Waals surface area contributed by atoms with E-state index >= 15 is 0 Å². The van der Waals surface area contributed by atoms with Gasteiger partial charge < -0.3 is 14.5 Å². The minimum absolute atomic E-state index is 0.0946. The highest BCUT2D eigenvalue weighted by molar-refractivity contribution is 5.95. The number of nitriles is 1. The van der Waals surface area contributed by atoms with Crippen molar-refractivity contribution >= 4 is 34.0 Å². The number of hydrogen-bond acceptors (Lipinski definition) is 5. The van der Waals surface area contributed by atoms with Crippen LogP contribution in [0, 0.1) is 11.3 Å². The summed E-state index contributed by atoms with van der Waals surface area (Å²) in [4.78, 5) is 29.8. The number of fused-ring (bicyclic) bond motifs is 2. The lowest BCUT2D eigenvalue weighted by Crippen LogP contribution is -2.36. The van der Waals surface area contributed by atoms with Crippen LogP contribution in [0.5, 0.6) is 0 Å². The summed E-state index contributed by atoms with van der Waals surface area (Å²) in [6.45, 7) is 3.56. The van der Waals surface area contributed by atoms with Crippen LogP contribution < -0.4 is 9.80 Å². The predicted molar refractivity (Wildman–Crippen MR) is 158 cm³/mol. The van der Waals surface area contributed by atoms with Crippen molar-refractivity contribution in [2.45, 2.75) is 39.2 Å². The number of esters is 1. The van der Waals surface area contributed by atoms with E-state index in [0.717, 1.165) is 51.7 Å². The number of ether oxygens (including phenoxy) is 1. The summed E-state index contributed by atoms with van der Waals surface area (Å²) in [6.07, 6.45) is 2.81. The minimum atomic E-state index is -0.264. The Morgan fingerprint density at radius 2 is 1.80 bits per heavy atom. The average Bonchev–Trinajstić information content (AvgIpc) is 2.99. The van der Waals surface area contributed by atoms with Gasteiger partial charge in [0.1, 0.15) is 6.54 Å². The first-order valence-electron chi connectivity index (χ1n) is 13.8. The van der Waals surface area contributed by atoms with Crippen LogP contribution in [0.1, 0.15) is 42.0 Å². The fourth-order valence-electron chi connectivity index (χ4n) is 5.41. The Morgan fingerprint density at radius 1 is 1.00 bits per heavy atom. The molecule has 0 spiro atoms. The lowest BCUT2D eigenvalue weighted by molar-refractivity contribution is -0.141. The maximum absolute atomic E-state index is 13.3. The van der Waals surface area contributed by atoms with E-state index in [1.807, 2.05) is 48.2 Å². The van der Waals surface area contributed by atoms with Crippen molar-refractivity contribution in [2.75, 3.05) is 29.5 Å². The number of aryl methyl sites for hydroxylation is 2. The van der Waals surface area contributed by atoms with Crippen molar-refractivity contribution in [3.63, 3.8) is 0 Å². The molecule has 0 saturated carbocycles. The molecular formula is C34H33N3O3. The van der Waals surface area contributed by atoms with Crippen LogP contribution in [-0.4, -0.2) is 31.6 Å². The Morgan fingerprint density at radius 3 is 2.60 bits per heavy atom. The Labute approximate surface area is 235 Å². The molecule has 6 nitrogen and oxygen atoms in total. The summed E-state index contributed by atoms with van der Waals surface area (Å²) in [7, 11) is 0. The minimum Gasteiger partial charge on any atom is -0.465 e. The molecule has 5 rings (SSSR count). The van der Waals surface area contributed by atoms with Gasteiger partial charge in [0.05, 0.1) is 18.2 Å². The molecule has 1 aliphatic heterocycles. The number of carbonyl (C=O) groups is 2. The molecule has 1 aliphatic rings. The summed E-state index contributed by atoms with van der Waals surface area (Å²) in [6, 6.07) is 30.2. The monoisotopic (exact) mass is 531 g/mol. The molecular weight excluding hydrogens is 498 g/mol. The maximum Gasteiger partial charge on any atom is 0.325 e. The second kappa shape index (κ2) is 12.5. The molecule has 1 heterocycles. The molecule has 0 unspecified atom stereocenters. The number of nitrogens with zero attached hydrogens (tertiary/aromatic N) is 3. The van der Waals surface area contributed by atoms with E-state index in [9.17, 15) is 9.59 Å². The highest BCUT2D eigenvalue weighted by Crippen LogP contribution is 2.33. The van der Waals surface area contributed by atoms with Crippen molar-refractivity contribution < 1.29 is 14.3 Å². The number of hydrogen-bond donors (Lipinski definition) is 0. The molecule has 4 aromatic carbocycles. The second-order valence-electron chi connectivity index (χ2n) is 10.1. The molecule has 0 aliphatic carbocycles. The first-order valence-corrected chi connectivity index (χ1v) is 13.8. The number of rotatable bonds is 9. The standard InChI is InChI=1S/C34H33N3O3/c1-2-40-34(39)24-36(23-29-9-5-8-27-7-3-4-11-31(27)29)30-17-18-32-28(21-30)10-6-20-37(32)33(38)19-16-25-12-14-26(22-35)15-13-25/h3-5,7-9,11-15,17-18,21H,2,6,10,16,19-20,23-24H2,1H3. The van der Waals surface area contributed by atoms with Crippen LogP contribution >= 0.6 is 0 Å². The van der Waals surface area contributed by atoms with E-state index in [2.05, 4.69) is 47.4 Å². The van der Waals surface area contributed by atoms with Crippen molar-refractivity contribution in [1.82, 2.24) is 0 Å². The quantitative estimate of drug-likeness (QED) is 0.241. The highest BCUT2D eigenvalue weighted by Gasteiger charge is 2.24. The van der Waals surface area contributed by atoms with Gasteiger partial charge in [-0.2, -0.15) is 5.26 Å². The van der Waals surface area contributed by atoms with Crippen LogP contribution in [0.4, 0.5) is 11.4 Å². The van der Waals surface area contributed by atoms with Gasteiger partial charge in [-0.1, -0.05) is 54.6 Å². The molecule has 0 radical (unpaired) electrons. The Kier molecular flexibility index (Phi) is 8.41. The Balaban J connectivity index is 1.37. The number of carbonyl (C=O) groups excluding carboxylic acids is 2. The van der Waals surface area contributed by atoms with Crippen molar-refractivity contribution in [2.24, 2.45) is 0 Å². The van der Waals surface area contributed by atoms with Gasteiger partial charge in [-0.25, -0.2) is 0 Å². The lowest BCUT2D eigenvalue weighted by Gasteiger charge is -2.32. The van der Waals surface area contributed by atoms with Gasteiger partial charge in [-0.3, -0.25) is 9.59 Å². The van der Waals surface area contributed by atoms with Gasteiger partial charge in [0.25, 0.3) is 0 Å². The molecule has 0 bridgehead atoms. The fourth-order valence-corrected chi connectivity index (χ4v) is 5.41. The predicted octanol–water partition coefficient (Wildman–Crippen LogP) is 6.19. The SMILES string of the molecule is CCOC(=O)CN(Cc1cccc2ccccc12)c1ccc2c(c1)CCCN2C(=O)CCc1ccc(C#N)cc1. The van der Waals surface area contributed by atoms with Crippen molar-refractivity contribution in [3.05, 3.63) is 107 Å². The Bertz CT molecular complexity index is 1550. The van der Waals surface area contributed by atoms with Gasteiger partial charge in [0.15, 0.2) is 0 Å². The summed E-state index contributed by atoms with van der Waals surface area (Å²) >= 11 is 0. The summed E-state index contributed by atoms with van der Waals surface area (Å²) in [5, 5.41) is 11.3. The molecule has 0 saturated heterocycles. The summed E-state index contributed by atoms with van der Waals surface area (Å²) in [5.74, 6) is -0.169. The number of amides is 1. The zero-order valence-electron chi connectivity index (χ0n) is 22.8. The third kappa shape index (κ3) is 6.16. The largest absolute Gasteiger partial charge is 0.465 e. The average molecular weight is 532 g/mol. The van der Waals surface area contributed by atoms with E-state index < -0.39 is 0 Å². The van der Waals surface area contributed by atoms with Gasteiger partial charge in [-0.15, -0.1) is 0 Å². The fraction of sp³-hybridized carbons (Fsp3) is 0.265. The smallest absolute Gasteiger partial charge is 0.325 e. The van der Waals surface area contributed by atoms with Crippen LogP contribution in [0.2, 0.25) is 0 Å². The normalized spacial score (nSPS) is 12.4. The zero-order valence-corrected chi connectivity index (χ0v) is 22.8. The highest BCUT2D eigenvalue weighted by atomic mass is 16.5. The first kappa shape index (κ1) is 27.0. The lowest BCUT2D eigenvalue weighted by atomic mass is 9.99. The summed E-state index contributed by atoms with van der Waals surface area (Å²) < 4.78 is 5.31. The molecule has 1 amide bonds. The third-order valence-electron chi connectivity index (χ3n) is 7.42. The molecule has 40 heavy (non-hydrogen) atoms. The molecule has 0 atom stereocenters. The maximum atomic E-state index is 13.3. The van der Waals surface area contributed by atoms with E-state index in [0.29, 0.717) is 38.1 Å². The van der Waals surface area contributed by atoms with Crippen molar-refractivity contribution in [1.29, 1.82) is 5.26 Å². The number of benzene rings is 4. The first-order chi connectivity index (χ1) is 19.6. The van der Waals surface area contributed by atoms with E-state index in [-0.39, 0.29) is 18.4 Å². The molecule has 0 N–H and O–H groups in total. The zero-order chi connectivity index (χ0) is 27.9. The second-order valence-corrected chi connectivity index (χ2v) is 10.1. The van der Waals surface area contributed by atoms with E-state index in [4.69, 9.17) is 10.00 Å². The molecule has 0 aromatic heterocycles. The Hall–Kier alpha value is -4.63. The van der Waals surface area contributed by atoms with E-state index in [1.165, 1.54) is 0 Å². The molecule has 6 heteroatoms. The van der Waals surface area contributed by atoms with Gasteiger partial charge in [-0.05, 0) is 84.0 Å². The third-order valence-corrected chi connectivity index (χ3v) is 7.42. The van der Waals surface area contributed by atoms with Crippen LogP contribution in [0.15, 0.2) is 84.9 Å². The van der Waals surface area contributed by atoms with Crippen LogP contribution in [0.25, 0.3) is 10.8 Å². The van der Waals surface area contributed by atoms with Gasteiger partial charge in [0.2, 0.25) is 5.91 Å². The van der Waals surface area contributed by atoms with E-state index in [1.54, 1.807) is 12.1 Å². The van der Waals surface area contributed by atoms with Gasteiger partial charge >= 0.3 is 5.97 Å². The molecule has 4 aromatic rings.